The number of piperazine rings is 1. The third-order valence-electron chi connectivity index (χ3n) is 5.63. The van der Waals surface area contributed by atoms with Gasteiger partial charge in [-0.2, -0.15) is 0 Å². The second-order valence-corrected chi connectivity index (χ2v) is 7.68. The second-order valence-electron chi connectivity index (χ2n) is 7.68. The first kappa shape index (κ1) is 18.6. The fourth-order valence-electron chi connectivity index (χ4n) is 4.08. The summed E-state index contributed by atoms with van der Waals surface area (Å²) in [7, 11) is 0. The first-order chi connectivity index (χ1) is 14.7. The van der Waals surface area contributed by atoms with Crippen LogP contribution in [0, 0.1) is 12.7 Å². The van der Waals surface area contributed by atoms with Crippen LogP contribution in [0.4, 0.5) is 15.9 Å². The van der Waals surface area contributed by atoms with E-state index in [1.54, 1.807) is 6.07 Å². The second kappa shape index (κ2) is 7.75. The highest BCUT2D eigenvalue weighted by atomic mass is 19.1. The molecule has 5 heteroatoms. The van der Waals surface area contributed by atoms with Crippen molar-refractivity contribution in [2.24, 2.45) is 0 Å². The Balaban J connectivity index is 1.49. The number of benzene rings is 3. The molecule has 0 radical (unpaired) electrons. The molecule has 0 N–H and O–H groups in total. The van der Waals surface area contributed by atoms with Gasteiger partial charge >= 0.3 is 0 Å². The summed E-state index contributed by atoms with van der Waals surface area (Å²) in [5.41, 5.74) is 3.82. The topological polar surface area (TPSA) is 32.3 Å². The van der Waals surface area contributed by atoms with Crippen LogP contribution in [0.5, 0.6) is 0 Å². The van der Waals surface area contributed by atoms with E-state index in [1.807, 2.05) is 36.4 Å². The Morgan fingerprint density at radius 3 is 2.30 bits per heavy atom. The Labute approximate surface area is 175 Å². The average molecular weight is 398 g/mol. The molecule has 0 unspecified atom stereocenters. The van der Waals surface area contributed by atoms with E-state index in [0.717, 1.165) is 54.3 Å². The van der Waals surface area contributed by atoms with Crippen molar-refractivity contribution in [2.45, 2.75) is 6.92 Å². The largest absolute Gasteiger partial charge is 0.366 e. The molecule has 1 aliphatic rings. The smallest absolute Gasteiger partial charge is 0.162 e. The first-order valence-corrected chi connectivity index (χ1v) is 10.3. The highest BCUT2D eigenvalue weighted by Gasteiger charge is 2.22. The van der Waals surface area contributed by atoms with E-state index in [1.165, 1.54) is 11.6 Å². The fraction of sp³-hybridized carbons (Fsp3) is 0.200. The molecule has 1 saturated heterocycles. The third kappa shape index (κ3) is 3.47. The molecular formula is C25H23FN4. The molecule has 0 saturated carbocycles. The lowest BCUT2D eigenvalue weighted by atomic mass is 10.1. The lowest BCUT2D eigenvalue weighted by molar-refractivity contribution is 0.597. The average Bonchev–Trinajstić information content (AvgIpc) is 2.79. The van der Waals surface area contributed by atoms with Gasteiger partial charge in [0.05, 0.1) is 11.2 Å². The van der Waals surface area contributed by atoms with Gasteiger partial charge in [0.1, 0.15) is 11.6 Å². The maximum absolute atomic E-state index is 14.2. The van der Waals surface area contributed by atoms with Crippen LogP contribution in [0.25, 0.3) is 22.3 Å². The molecule has 30 heavy (non-hydrogen) atoms. The number of hydrogen-bond donors (Lipinski definition) is 0. The molecule has 0 aliphatic carbocycles. The van der Waals surface area contributed by atoms with Gasteiger partial charge in [0, 0.05) is 37.1 Å². The minimum absolute atomic E-state index is 0.167. The quantitative estimate of drug-likeness (QED) is 0.482. The van der Waals surface area contributed by atoms with Crippen LogP contribution in [-0.4, -0.2) is 36.1 Å². The number of fused-ring (bicyclic) bond motifs is 1. The molecule has 0 bridgehead atoms. The molecule has 0 amide bonds. The summed E-state index contributed by atoms with van der Waals surface area (Å²) < 4.78 is 14.2. The maximum Gasteiger partial charge on any atom is 0.162 e. The summed E-state index contributed by atoms with van der Waals surface area (Å²) in [6.45, 7) is 5.14. The van der Waals surface area contributed by atoms with Gasteiger partial charge in [-0.15, -0.1) is 0 Å². The molecule has 5 rings (SSSR count). The highest BCUT2D eigenvalue weighted by Crippen LogP contribution is 2.29. The number of rotatable bonds is 3. The number of aromatic nitrogens is 2. The Hall–Kier alpha value is -3.47. The summed E-state index contributed by atoms with van der Waals surface area (Å²) in [5.74, 6) is 1.52. The molecule has 150 valence electrons. The van der Waals surface area contributed by atoms with Gasteiger partial charge in [0.25, 0.3) is 0 Å². The molecule has 1 fully saturated rings. The van der Waals surface area contributed by atoms with Crippen LogP contribution in [0.15, 0.2) is 72.8 Å². The molecule has 0 spiro atoms. The van der Waals surface area contributed by atoms with Crippen molar-refractivity contribution < 1.29 is 4.39 Å². The molecule has 4 aromatic rings. The molecule has 0 atom stereocenters. The molecule has 2 heterocycles. The van der Waals surface area contributed by atoms with Crippen LogP contribution in [0.2, 0.25) is 0 Å². The number of hydrogen-bond acceptors (Lipinski definition) is 4. The Morgan fingerprint density at radius 1 is 0.767 bits per heavy atom. The maximum atomic E-state index is 14.2. The number of anilines is 2. The number of aryl methyl sites for hydroxylation is 1. The van der Waals surface area contributed by atoms with Crippen molar-refractivity contribution in [3.8, 4) is 11.4 Å². The van der Waals surface area contributed by atoms with Gasteiger partial charge < -0.3 is 9.80 Å². The van der Waals surface area contributed by atoms with E-state index < -0.39 is 0 Å². The van der Waals surface area contributed by atoms with Crippen molar-refractivity contribution in [2.75, 3.05) is 36.0 Å². The van der Waals surface area contributed by atoms with Crippen LogP contribution < -0.4 is 9.80 Å². The molecule has 1 aromatic heterocycles. The fourth-order valence-corrected chi connectivity index (χ4v) is 4.08. The van der Waals surface area contributed by atoms with E-state index in [9.17, 15) is 4.39 Å². The molecule has 4 nitrogen and oxygen atoms in total. The van der Waals surface area contributed by atoms with Gasteiger partial charge in [-0.3, -0.25) is 0 Å². The first-order valence-electron chi connectivity index (χ1n) is 10.3. The van der Waals surface area contributed by atoms with Crippen LogP contribution in [0.3, 0.4) is 0 Å². The zero-order valence-electron chi connectivity index (χ0n) is 16.9. The van der Waals surface area contributed by atoms with Gasteiger partial charge in [-0.1, -0.05) is 48.0 Å². The SMILES string of the molecule is Cc1cccc(-c2nc(N3CCN(c4ccccc4F)CC3)c3ccccc3n2)c1. The summed E-state index contributed by atoms with van der Waals surface area (Å²) in [5, 5.41) is 1.05. The number of nitrogens with zero attached hydrogens (tertiary/aromatic N) is 4. The van der Waals surface area contributed by atoms with Crippen molar-refractivity contribution in [3.63, 3.8) is 0 Å². The van der Waals surface area contributed by atoms with Crippen LogP contribution in [-0.2, 0) is 0 Å². The van der Waals surface area contributed by atoms with E-state index in [0.29, 0.717) is 5.69 Å². The summed E-state index contributed by atoms with van der Waals surface area (Å²) in [6.07, 6.45) is 0. The Morgan fingerprint density at radius 2 is 1.50 bits per heavy atom. The van der Waals surface area contributed by atoms with Crippen LogP contribution in [0.1, 0.15) is 5.56 Å². The van der Waals surface area contributed by atoms with E-state index in [4.69, 9.17) is 9.97 Å². The number of halogens is 1. The minimum atomic E-state index is -0.167. The lowest BCUT2D eigenvalue weighted by Crippen LogP contribution is -2.47. The van der Waals surface area contributed by atoms with Crippen LogP contribution >= 0.6 is 0 Å². The predicted molar refractivity (Wildman–Crippen MR) is 121 cm³/mol. The molecular weight excluding hydrogens is 375 g/mol. The summed E-state index contributed by atoms with van der Waals surface area (Å²) in [4.78, 5) is 14.2. The van der Waals surface area contributed by atoms with Crippen molar-refractivity contribution in [1.82, 2.24) is 9.97 Å². The van der Waals surface area contributed by atoms with Gasteiger partial charge in [-0.25, -0.2) is 14.4 Å². The van der Waals surface area contributed by atoms with E-state index >= 15 is 0 Å². The third-order valence-corrected chi connectivity index (χ3v) is 5.63. The van der Waals surface area contributed by atoms with E-state index in [-0.39, 0.29) is 5.82 Å². The van der Waals surface area contributed by atoms with Crippen molar-refractivity contribution in [1.29, 1.82) is 0 Å². The lowest BCUT2D eigenvalue weighted by Gasteiger charge is -2.37. The van der Waals surface area contributed by atoms with Gasteiger partial charge in [-0.05, 0) is 37.3 Å². The zero-order valence-corrected chi connectivity index (χ0v) is 16.9. The Bertz CT molecular complexity index is 1200. The zero-order chi connectivity index (χ0) is 20.5. The highest BCUT2D eigenvalue weighted by molar-refractivity contribution is 5.91. The van der Waals surface area contributed by atoms with Crippen molar-refractivity contribution >= 4 is 22.4 Å². The molecule has 3 aromatic carbocycles. The van der Waals surface area contributed by atoms with E-state index in [2.05, 4.69) is 41.0 Å². The summed E-state index contributed by atoms with van der Waals surface area (Å²) in [6, 6.07) is 23.4. The van der Waals surface area contributed by atoms with Crippen molar-refractivity contribution in [3.05, 3.63) is 84.2 Å². The summed E-state index contributed by atoms with van der Waals surface area (Å²) >= 11 is 0. The minimum Gasteiger partial charge on any atom is -0.366 e. The molecule has 1 aliphatic heterocycles. The monoisotopic (exact) mass is 398 g/mol. The number of para-hydroxylation sites is 2. The predicted octanol–water partition coefficient (Wildman–Crippen LogP) is 5.07. The standard InChI is InChI=1S/C25H23FN4/c1-18-7-6-8-19(17-18)24-27-22-11-4-2-9-20(22)25(28-24)30-15-13-29(14-16-30)23-12-5-3-10-21(23)26/h2-12,17H,13-16H2,1H3. The van der Waals surface area contributed by atoms with Gasteiger partial charge in [0.2, 0.25) is 0 Å². The van der Waals surface area contributed by atoms with Gasteiger partial charge in [0.15, 0.2) is 5.82 Å². The Kier molecular flexibility index (Phi) is 4.79. The normalized spacial score (nSPS) is 14.3.